The molecule has 3 aromatic rings. The van der Waals surface area contributed by atoms with Crippen molar-refractivity contribution < 1.29 is 19.8 Å². The molecule has 1 aliphatic heterocycles. The van der Waals surface area contributed by atoms with Gasteiger partial charge in [0.05, 0.1) is 0 Å². The molecule has 1 aliphatic rings. The fraction of sp³-hybridized carbons (Fsp3) is 0.185. The Labute approximate surface area is 188 Å². The molecule has 0 aliphatic carbocycles. The number of rotatable bonds is 6. The third kappa shape index (κ3) is 3.55. The molecule has 4 rings (SSSR count). The average Bonchev–Trinajstić information content (AvgIpc) is 2.84. The van der Waals surface area contributed by atoms with E-state index in [4.69, 9.17) is 0 Å². The van der Waals surface area contributed by atoms with Crippen LogP contribution in [0.1, 0.15) is 19.3 Å². The molecule has 0 spiro atoms. The van der Waals surface area contributed by atoms with Crippen molar-refractivity contribution in [2.45, 2.75) is 19.3 Å². The van der Waals surface area contributed by atoms with E-state index in [-0.39, 0.29) is 5.57 Å². The molecule has 32 heavy (non-hydrogen) atoms. The number of hydrogen-bond donors (Lipinski definition) is 2. The Hall–Kier alpha value is -3.23. The van der Waals surface area contributed by atoms with E-state index in [2.05, 4.69) is 36.4 Å². The van der Waals surface area contributed by atoms with Gasteiger partial charge in [0.15, 0.2) is 0 Å². The van der Waals surface area contributed by atoms with Crippen molar-refractivity contribution in [3.8, 4) is 0 Å². The molecule has 0 radical (unpaired) electrons. The topological polar surface area (TPSA) is 74.6 Å². The van der Waals surface area contributed by atoms with Crippen LogP contribution in [0.3, 0.4) is 0 Å². The van der Waals surface area contributed by atoms with Gasteiger partial charge in [-0.2, -0.15) is 0 Å². The molecule has 0 amide bonds. The maximum atomic E-state index is 12.2. The van der Waals surface area contributed by atoms with Gasteiger partial charge in [-0.1, -0.05) is 0 Å². The molecule has 0 aromatic heterocycles. The van der Waals surface area contributed by atoms with Crippen LogP contribution >= 0.6 is 6.60 Å². The first-order chi connectivity index (χ1) is 15.5. The number of carboxylic acids is 2. The summed E-state index contributed by atoms with van der Waals surface area (Å²) in [5, 5.41) is 23.0. The SMILES string of the molecule is O=C(O)C/C(C(=O)O)=C1/CCCP(c2ccccc2)(c2ccccc2)(c2ccccc2)C1. The van der Waals surface area contributed by atoms with Crippen molar-refractivity contribution in [1.82, 2.24) is 0 Å². The Morgan fingerprint density at radius 1 is 0.719 bits per heavy atom. The van der Waals surface area contributed by atoms with Crippen LogP contribution in [0, 0.1) is 0 Å². The van der Waals surface area contributed by atoms with Crippen LogP contribution in [-0.4, -0.2) is 34.5 Å². The van der Waals surface area contributed by atoms with Gasteiger partial charge < -0.3 is 0 Å². The quantitative estimate of drug-likeness (QED) is 0.440. The number of hydrogen-bond acceptors (Lipinski definition) is 2. The van der Waals surface area contributed by atoms with E-state index in [1.54, 1.807) is 0 Å². The summed E-state index contributed by atoms with van der Waals surface area (Å²) in [6.07, 6.45) is 2.43. The van der Waals surface area contributed by atoms with Crippen molar-refractivity contribution >= 4 is 34.5 Å². The third-order valence-corrected chi connectivity index (χ3v) is 13.8. The molecule has 0 unspecified atom stereocenters. The third-order valence-electron chi connectivity index (χ3n) is 6.82. The summed E-state index contributed by atoms with van der Waals surface area (Å²) < 4.78 is 0. The summed E-state index contributed by atoms with van der Waals surface area (Å²) in [5.74, 6) is -2.24. The summed E-state index contributed by atoms with van der Waals surface area (Å²) in [6.45, 7) is -3.12. The van der Waals surface area contributed by atoms with E-state index < -0.39 is 25.0 Å². The van der Waals surface area contributed by atoms with Crippen LogP contribution in [0.4, 0.5) is 0 Å². The summed E-state index contributed by atoms with van der Waals surface area (Å²) in [5.41, 5.74) is 0.800. The molecule has 5 heteroatoms. The Morgan fingerprint density at radius 3 is 1.53 bits per heavy atom. The molecule has 3 aromatic carbocycles. The van der Waals surface area contributed by atoms with Crippen LogP contribution in [0.25, 0.3) is 0 Å². The number of aliphatic carboxylic acids is 2. The van der Waals surface area contributed by atoms with Crippen molar-refractivity contribution in [2.24, 2.45) is 0 Å². The van der Waals surface area contributed by atoms with Gasteiger partial charge >= 0.3 is 188 Å². The first-order valence-electron chi connectivity index (χ1n) is 10.8. The predicted molar refractivity (Wildman–Crippen MR) is 131 cm³/mol. The summed E-state index contributed by atoms with van der Waals surface area (Å²) >= 11 is 0. The number of carbonyl (C=O) groups is 2. The molecule has 1 fully saturated rings. The van der Waals surface area contributed by atoms with Crippen molar-refractivity contribution in [2.75, 3.05) is 12.3 Å². The molecule has 164 valence electrons. The molecule has 4 nitrogen and oxygen atoms in total. The van der Waals surface area contributed by atoms with Gasteiger partial charge in [0.1, 0.15) is 0 Å². The van der Waals surface area contributed by atoms with E-state index in [0.29, 0.717) is 12.6 Å². The minimum absolute atomic E-state index is 0.0361. The van der Waals surface area contributed by atoms with E-state index in [1.165, 1.54) is 15.9 Å². The zero-order valence-corrected chi connectivity index (χ0v) is 18.7. The van der Waals surface area contributed by atoms with Crippen LogP contribution in [-0.2, 0) is 9.59 Å². The normalized spacial score (nSPS) is 19.8. The fourth-order valence-corrected chi connectivity index (χ4v) is 12.5. The number of allylic oxidation sites excluding steroid dienone is 1. The van der Waals surface area contributed by atoms with E-state index >= 15 is 0 Å². The van der Waals surface area contributed by atoms with Crippen LogP contribution in [0.15, 0.2) is 102 Å². The second kappa shape index (κ2) is 8.72. The second-order valence-electron chi connectivity index (χ2n) is 8.46. The van der Waals surface area contributed by atoms with E-state index in [1.807, 2.05) is 54.6 Å². The second-order valence-corrected chi connectivity index (χ2v) is 13.8. The van der Waals surface area contributed by atoms with Crippen LogP contribution < -0.4 is 15.9 Å². The maximum absolute atomic E-state index is 12.2. The molecule has 0 saturated carbocycles. The Bertz CT molecular complexity index is 1050. The standard InChI is InChI=1S/C27H27O4P/c28-26(29)19-25(27(30)31)21-11-10-18-32(20-21,22-12-4-1-5-13-22,23-14-6-2-7-15-23)24-16-8-3-9-17-24/h1-9,12-17H,10-11,18-20H2,(H,28,29)(H,30,31)/b25-21+. The van der Waals surface area contributed by atoms with Gasteiger partial charge in [-0.05, 0) is 0 Å². The minimum atomic E-state index is -3.12. The number of benzene rings is 3. The molecule has 1 heterocycles. The average molecular weight is 446 g/mol. The fourth-order valence-electron chi connectivity index (χ4n) is 5.44. The molecule has 1 saturated heterocycles. The van der Waals surface area contributed by atoms with E-state index in [0.717, 1.165) is 18.2 Å². The van der Waals surface area contributed by atoms with Gasteiger partial charge in [0.25, 0.3) is 0 Å². The van der Waals surface area contributed by atoms with Gasteiger partial charge in [0.2, 0.25) is 0 Å². The molecule has 2 N–H and O–H groups in total. The molecular formula is C27H27O4P. The zero-order valence-electron chi connectivity index (χ0n) is 17.9. The first-order valence-corrected chi connectivity index (χ1v) is 13.4. The summed E-state index contributed by atoms with van der Waals surface area (Å²) in [6, 6.07) is 31.3. The monoisotopic (exact) mass is 446 g/mol. The molecule has 0 atom stereocenters. The predicted octanol–water partition coefficient (Wildman–Crippen LogP) is 4.17. The van der Waals surface area contributed by atoms with Crippen molar-refractivity contribution in [3.63, 3.8) is 0 Å². The van der Waals surface area contributed by atoms with Crippen molar-refractivity contribution in [1.29, 1.82) is 0 Å². The van der Waals surface area contributed by atoms with Gasteiger partial charge in [-0.3, -0.25) is 0 Å². The zero-order chi connectivity index (χ0) is 22.6. The van der Waals surface area contributed by atoms with Crippen molar-refractivity contribution in [3.05, 3.63) is 102 Å². The number of carboxylic acid groups (broad SMARTS) is 2. The van der Waals surface area contributed by atoms with Crippen LogP contribution in [0.5, 0.6) is 0 Å². The van der Waals surface area contributed by atoms with Gasteiger partial charge in [-0.25, -0.2) is 0 Å². The Balaban J connectivity index is 2.12. The molecule has 0 bridgehead atoms. The van der Waals surface area contributed by atoms with Gasteiger partial charge in [-0.15, -0.1) is 0 Å². The summed E-state index contributed by atoms with van der Waals surface area (Å²) in [4.78, 5) is 23.7. The Kier molecular flexibility index (Phi) is 5.99. The molecular weight excluding hydrogens is 419 g/mol. The van der Waals surface area contributed by atoms with Gasteiger partial charge in [0, 0.05) is 0 Å². The summed E-state index contributed by atoms with van der Waals surface area (Å²) in [7, 11) is 0. The van der Waals surface area contributed by atoms with Crippen LogP contribution in [0.2, 0.25) is 0 Å². The van der Waals surface area contributed by atoms with E-state index in [9.17, 15) is 19.8 Å². The Morgan fingerprint density at radius 2 is 1.16 bits per heavy atom. The first kappa shape index (κ1) is 22.0.